The molecule has 0 aromatic rings. The fraction of sp³-hybridized carbons (Fsp3) is 0.929. The Hall–Kier alpha value is -0.610. The molecule has 1 saturated carbocycles. The third kappa shape index (κ3) is 3.69. The summed E-state index contributed by atoms with van der Waals surface area (Å²) < 4.78 is 5.77. The van der Waals surface area contributed by atoms with Gasteiger partial charge in [0.2, 0.25) is 5.91 Å². The smallest absolute Gasteiger partial charge is 0.225 e. The van der Waals surface area contributed by atoms with Crippen molar-refractivity contribution in [1.29, 1.82) is 0 Å². The Morgan fingerprint density at radius 2 is 1.89 bits per heavy atom. The van der Waals surface area contributed by atoms with E-state index in [1.165, 1.54) is 0 Å². The molecule has 1 N–H and O–H groups in total. The molecule has 1 aliphatic carbocycles. The normalized spacial score (nSPS) is 29.3. The van der Waals surface area contributed by atoms with Crippen molar-refractivity contribution < 1.29 is 9.53 Å². The molecular weight excluding hydrogens is 228 g/mol. The number of rotatable bonds is 4. The first kappa shape index (κ1) is 13.8. The van der Waals surface area contributed by atoms with Crippen LogP contribution in [0.5, 0.6) is 0 Å². The Balaban J connectivity index is 1.73. The summed E-state index contributed by atoms with van der Waals surface area (Å²) in [5, 5.41) is 3.29. The summed E-state index contributed by atoms with van der Waals surface area (Å²) in [6.45, 7) is 6.65. The van der Waals surface area contributed by atoms with Gasteiger partial charge in [0.05, 0.1) is 6.10 Å². The summed E-state index contributed by atoms with van der Waals surface area (Å²) in [7, 11) is 0. The lowest BCUT2D eigenvalue weighted by molar-refractivity contribution is -0.138. The molecule has 0 spiro atoms. The topological polar surface area (TPSA) is 41.6 Å². The van der Waals surface area contributed by atoms with Gasteiger partial charge in [-0.05, 0) is 32.1 Å². The highest BCUT2D eigenvalue weighted by Gasteiger charge is 2.30. The standard InChI is InChI=1S/C14H26N2O2/c1-2-11-18-13-5-3-12(4-6-13)14(17)16-9-7-15-8-10-16/h12-13,15H,2-11H2,1H3. The van der Waals surface area contributed by atoms with E-state index in [2.05, 4.69) is 12.2 Å². The van der Waals surface area contributed by atoms with Crippen LogP contribution in [0.3, 0.4) is 0 Å². The maximum Gasteiger partial charge on any atom is 0.225 e. The molecule has 18 heavy (non-hydrogen) atoms. The van der Waals surface area contributed by atoms with Crippen LogP contribution in [-0.4, -0.2) is 49.7 Å². The van der Waals surface area contributed by atoms with Gasteiger partial charge in [0, 0.05) is 38.7 Å². The number of ether oxygens (including phenoxy) is 1. The first-order valence-corrected chi connectivity index (χ1v) is 7.42. The zero-order valence-corrected chi connectivity index (χ0v) is 11.5. The van der Waals surface area contributed by atoms with E-state index in [0.717, 1.165) is 64.9 Å². The Bertz CT molecular complexity index is 257. The molecule has 1 amide bonds. The first-order chi connectivity index (χ1) is 8.81. The van der Waals surface area contributed by atoms with E-state index in [1.807, 2.05) is 4.90 Å². The van der Waals surface area contributed by atoms with E-state index >= 15 is 0 Å². The van der Waals surface area contributed by atoms with Crippen molar-refractivity contribution in [2.24, 2.45) is 5.92 Å². The Kier molecular flexibility index (Phi) is 5.45. The average molecular weight is 254 g/mol. The molecule has 2 rings (SSSR count). The third-order valence-corrected chi connectivity index (χ3v) is 4.01. The molecule has 0 bridgehead atoms. The summed E-state index contributed by atoms with van der Waals surface area (Å²) in [5.74, 6) is 0.634. The van der Waals surface area contributed by atoms with Crippen molar-refractivity contribution in [3.8, 4) is 0 Å². The van der Waals surface area contributed by atoms with E-state index < -0.39 is 0 Å². The lowest BCUT2D eigenvalue weighted by atomic mass is 9.86. The van der Waals surface area contributed by atoms with Crippen LogP contribution in [0.1, 0.15) is 39.0 Å². The van der Waals surface area contributed by atoms with Gasteiger partial charge >= 0.3 is 0 Å². The third-order valence-electron chi connectivity index (χ3n) is 4.01. The maximum atomic E-state index is 12.3. The van der Waals surface area contributed by atoms with E-state index in [1.54, 1.807) is 0 Å². The van der Waals surface area contributed by atoms with E-state index in [0.29, 0.717) is 12.0 Å². The van der Waals surface area contributed by atoms with E-state index in [-0.39, 0.29) is 5.92 Å². The van der Waals surface area contributed by atoms with Gasteiger partial charge in [0.25, 0.3) is 0 Å². The van der Waals surface area contributed by atoms with Crippen molar-refractivity contribution in [2.45, 2.75) is 45.1 Å². The zero-order valence-electron chi connectivity index (χ0n) is 11.5. The van der Waals surface area contributed by atoms with Crippen LogP contribution in [0.2, 0.25) is 0 Å². The molecule has 0 radical (unpaired) electrons. The number of piperazine rings is 1. The number of hydrogen-bond acceptors (Lipinski definition) is 3. The van der Waals surface area contributed by atoms with Crippen molar-refractivity contribution in [3.05, 3.63) is 0 Å². The highest BCUT2D eigenvalue weighted by Crippen LogP contribution is 2.27. The molecule has 0 atom stereocenters. The van der Waals surface area contributed by atoms with Crippen LogP contribution in [-0.2, 0) is 9.53 Å². The molecule has 1 aliphatic heterocycles. The van der Waals surface area contributed by atoms with Crippen molar-refractivity contribution in [2.75, 3.05) is 32.8 Å². The van der Waals surface area contributed by atoms with Gasteiger partial charge in [-0.25, -0.2) is 0 Å². The average Bonchev–Trinajstić information content (AvgIpc) is 2.46. The van der Waals surface area contributed by atoms with Crippen LogP contribution in [0.25, 0.3) is 0 Å². The van der Waals surface area contributed by atoms with Crippen LogP contribution in [0.15, 0.2) is 0 Å². The number of carbonyl (C=O) groups is 1. The molecule has 2 aliphatic rings. The van der Waals surface area contributed by atoms with Crippen LogP contribution < -0.4 is 5.32 Å². The van der Waals surface area contributed by atoms with Crippen LogP contribution >= 0.6 is 0 Å². The van der Waals surface area contributed by atoms with Gasteiger partial charge in [-0.2, -0.15) is 0 Å². The van der Waals surface area contributed by atoms with E-state index in [9.17, 15) is 4.79 Å². The largest absolute Gasteiger partial charge is 0.378 e. The fourth-order valence-corrected chi connectivity index (χ4v) is 2.90. The fourth-order valence-electron chi connectivity index (χ4n) is 2.90. The summed E-state index contributed by atoms with van der Waals surface area (Å²) in [5.41, 5.74) is 0. The number of nitrogens with zero attached hydrogens (tertiary/aromatic N) is 1. The van der Waals surface area contributed by atoms with Crippen LogP contribution in [0, 0.1) is 5.92 Å². The second-order valence-corrected chi connectivity index (χ2v) is 5.42. The summed E-state index contributed by atoms with van der Waals surface area (Å²) in [6.07, 6.45) is 5.62. The molecule has 0 aromatic carbocycles. The lowest BCUT2D eigenvalue weighted by Gasteiger charge is -2.34. The summed E-state index contributed by atoms with van der Waals surface area (Å²) in [4.78, 5) is 14.4. The highest BCUT2D eigenvalue weighted by atomic mass is 16.5. The van der Waals surface area contributed by atoms with Gasteiger partial charge in [-0.3, -0.25) is 4.79 Å². The monoisotopic (exact) mass is 254 g/mol. The van der Waals surface area contributed by atoms with Crippen LogP contribution in [0.4, 0.5) is 0 Å². The Morgan fingerprint density at radius 1 is 1.22 bits per heavy atom. The predicted molar refractivity (Wildman–Crippen MR) is 71.4 cm³/mol. The molecule has 0 unspecified atom stereocenters. The molecule has 4 heteroatoms. The Labute approximate surface area is 110 Å². The minimum absolute atomic E-state index is 0.254. The minimum Gasteiger partial charge on any atom is -0.378 e. The maximum absolute atomic E-state index is 12.3. The van der Waals surface area contributed by atoms with Gasteiger partial charge in [0.1, 0.15) is 0 Å². The van der Waals surface area contributed by atoms with Gasteiger partial charge in [-0.1, -0.05) is 6.92 Å². The molecule has 104 valence electrons. The second kappa shape index (κ2) is 7.10. The van der Waals surface area contributed by atoms with Crippen molar-refractivity contribution >= 4 is 5.91 Å². The minimum atomic E-state index is 0.254. The van der Waals surface area contributed by atoms with Crippen molar-refractivity contribution in [3.63, 3.8) is 0 Å². The molecule has 2 fully saturated rings. The molecule has 4 nitrogen and oxygen atoms in total. The summed E-state index contributed by atoms with van der Waals surface area (Å²) in [6, 6.07) is 0. The van der Waals surface area contributed by atoms with Gasteiger partial charge in [0.15, 0.2) is 0 Å². The lowest BCUT2D eigenvalue weighted by Crippen LogP contribution is -2.49. The Morgan fingerprint density at radius 3 is 2.50 bits per heavy atom. The molecule has 0 aromatic heterocycles. The number of hydrogen-bond donors (Lipinski definition) is 1. The highest BCUT2D eigenvalue weighted by molar-refractivity contribution is 5.79. The molecule has 1 saturated heterocycles. The van der Waals surface area contributed by atoms with Crippen molar-refractivity contribution in [1.82, 2.24) is 10.2 Å². The molecule has 1 heterocycles. The van der Waals surface area contributed by atoms with E-state index in [4.69, 9.17) is 4.74 Å². The number of nitrogens with one attached hydrogen (secondary N) is 1. The predicted octanol–water partition coefficient (Wildman–Crippen LogP) is 1.40. The quantitative estimate of drug-likeness (QED) is 0.824. The van der Waals surface area contributed by atoms with Gasteiger partial charge in [-0.15, -0.1) is 0 Å². The van der Waals surface area contributed by atoms with Gasteiger partial charge < -0.3 is 15.0 Å². The molecular formula is C14H26N2O2. The summed E-state index contributed by atoms with van der Waals surface area (Å²) >= 11 is 0. The second-order valence-electron chi connectivity index (χ2n) is 5.42. The first-order valence-electron chi connectivity index (χ1n) is 7.42. The zero-order chi connectivity index (χ0) is 12.8. The number of carbonyl (C=O) groups excluding carboxylic acids is 1. The number of amides is 1. The SMILES string of the molecule is CCCOC1CCC(C(=O)N2CCNCC2)CC1.